The number of nitrogen functional groups attached to an aromatic ring is 1. The number of aromatic nitrogens is 1. The molecule has 106 valence electrons. The first-order chi connectivity index (χ1) is 10.1. The summed E-state index contributed by atoms with van der Waals surface area (Å²) in [7, 11) is 0. The molecule has 2 aromatic carbocycles. The molecule has 0 unspecified atom stereocenters. The highest BCUT2D eigenvalue weighted by Crippen LogP contribution is 2.33. The first-order valence-corrected chi connectivity index (χ1v) is 7.79. The number of nitrogens with two attached hydrogens (primary N) is 1. The third-order valence-corrected chi connectivity index (χ3v) is 4.18. The molecule has 0 aliphatic heterocycles. The van der Waals surface area contributed by atoms with Crippen LogP contribution in [0, 0.1) is 0 Å². The van der Waals surface area contributed by atoms with Crippen LogP contribution in [-0.2, 0) is 0 Å². The van der Waals surface area contributed by atoms with Crippen molar-refractivity contribution in [3.05, 3.63) is 57.9 Å². The van der Waals surface area contributed by atoms with Crippen LogP contribution in [0.5, 0.6) is 0 Å². The van der Waals surface area contributed by atoms with E-state index in [2.05, 4.69) is 10.3 Å². The zero-order valence-corrected chi connectivity index (χ0v) is 13.1. The number of hydrogen-bond donors (Lipinski definition) is 2. The van der Waals surface area contributed by atoms with E-state index in [0.29, 0.717) is 10.0 Å². The van der Waals surface area contributed by atoms with E-state index in [1.54, 1.807) is 12.1 Å². The van der Waals surface area contributed by atoms with Crippen molar-refractivity contribution in [2.45, 2.75) is 0 Å². The van der Waals surface area contributed by atoms with Gasteiger partial charge in [0.25, 0.3) is 0 Å². The summed E-state index contributed by atoms with van der Waals surface area (Å²) in [6.07, 6.45) is 0. The SMILES string of the molecule is Nc1ccc(Nc2nc(-c3ccc(Cl)cc3Cl)cs2)cc1. The van der Waals surface area contributed by atoms with Gasteiger partial charge in [0.2, 0.25) is 0 Å². The fourth-order valence-corrected chi connectivity index (χ4v) is 3.08. The van der Waals surface area contributed by atoms with Gasteiger partial charge >= 0.3 is 0 Å². The van der Waals surface area contributed by atoms with Gasteiger partial charge in [-0.2, -0.15) is 0 Å². The van der Waals surface area contributed by atoms with Crippen molar-refractivity contribution >= 4 is 51.0 Å². The van der Waals surface area contributed by atoms with Crippen molar-refractivity contribution in [1.29, 1.82) is 0 Å². The summed E-state index contributed by atoms with van der Waals surface area (Å²) in [5.74, 6) is 0. The van der Waals surface area contributed by atoms with Gasteiger partial charge in [0, 0.05) is 27.3 Å². The molecule has 0 bridgehead atoms. The Kier molecular flexibility index (Phi) is 4.01. The molecule has 0 aliphatic rings. The Balaban J connectivity index is 1.84. The maximum absolute atomic E-state index is 6.20. The molecular formula is C15H11Cl2N3S. The van der Waals surface area contributed by atoms with Crippen LogP contribution in [0.3, 0.4) is 0 Å². The standard InChI is InChI=1S/C15H11Cl2N3S/c16-9-1-6-12(13(17)7-9)14-8-21-15(20-14)19-11-4-2-10(18)3-5-11/h1-8H,18H2,(H,19,20). The molecule has 6 heteroatoms. The second-order valence-electron chi connectivity index (χ2n) is 4.41. The van der Waals surface area contributed by atoms with E-state index in [-0.39, 0.29) is 0 Å². The Morgan fingerprint density at radius 2 is 1.81 bits per heavy atom. The van der Waals surface area contributed by atoms with E-state index in [9.17, 15) is 0 Å². The number of rotatable bonds is 3. The van der Waals surface area contributed by atoms with Crippen molar-refractivity contribution in [3.8, 4) is 11.3 Å². The van der Waals surface area contributed by atoms with E-state index in [1.807, 2.05) is 35.7 Å². The highest BCUT2D eigenvalue weighted by Gasteiger charge is 2.09. The number of nitrogens with one attached hydrogen (secondary N) is 1. The zero-order valence-electron chi connectivity index (χ0n) is 10.8. The van der Waals surface area contributed by atoms with Gasteiger partial charge in [-0.25, -0.2) is 4.98 Å². The molecular weight excluding hydrogens is 325 g/mol. The van der Waals surface area contributed by atoms with Crippen LogP contribution < -0.4 is 11.1 Å². The van der Waals surface area contributed by atoms with Gasteiger partial charge < -0.3 is 11.1 Å². The second kappa shape index (κ2) is 5.93. The lowest BCUT2D eigenvalue weighted by atomic mass is 10.2. The average Bonchev–Trinajstić information content (AvgIpc) is 2.90. The largest absolute Gasteiger partial charge is 0.399 e. The molecule has 3 aromatic rings. The average molecular weight is 336 g/mol. The summed E-state index contributed by atoms with van der Waals surface area (Å²) in [5.41, 5.74) is 9.01. The lowest BCUT2D eigenvalue weighted by molar-refractivity contribution is 1.38. The van der Waals surface area contributed by atoms with Crippen LogP contribution in [0.25, 0.3) is 11.3 Å². The fourth-order valence-electron chi connectivity index (χ4n) is 1.84. The van der Waals surface area contributed by atoms with Crippen molar-refractivity contribution in [2.75, 3.05) is 11.1 Å². The van der Waals surface area contributed by atoms with Crippen LogP contribution in [0.4, 0.5) is 16.5 Å². The first-order valence-electron chi connectivity index (χ1n) is 6.15. The van der Waals surface area contributed by atoms with Crippen LogP contribution in [0.2, 0.25) is 10.0 Å². The number of benzene rings is 2. The van der Waals surface area contributed by atoms with Crippen LogP contribution >= 0.6 is 34.5 Å². The maximum atomic E-state index is 6.20. The van der Waals surface area contributed by atoms with Gasteiger partial charge in [0.15, 0.2) is 5.13 Å². The molecule has 0 spiro atoms. The first kappa shape index (κ1) is 14.2. The molecule has 0 saturated carbocycles. The van der Waals surface area contributed by atoms with Crippen molar-refractivity contribution in [2.24, 2.45) is 0 Å². The topological polar surface area (TPSA) is 50.9 Å². The molecule has 0 amide bonds. The lowest BCUT2D eigenvalue weighted by Crippen LogP contribution is -1.90. The summed E-state index contributed by atoms with van der Waals surface area (Å²) >= 11 is 13.6. The molecule has 0 radical (unpaired) electrons. The molecule has 0 fully saturated rings. The number of anilines is 3. The second-order valence-corrected chi connectivity index (χ2v) is 6.11. The number of hydrogen-bond acceptors (Lipinski definition) is 4. The van der Waals surface area contributed by atoms with Gasteiger partial charge in [0.1, 0.15) is 0 Å². The third kappa shape index (κ3) is 3.29. The van der Waals surface area contributed by atoms with Crippen molar-refractivity contribution in [3.63, 3.8) is 0 Å². The Morgan fingerprint density at radius 3 is 2.52 bits per heavy atom. The summed E-state index contributed by atoms with van der Waals surface area (Å²) in [6, 6.07) is 12.9. The van der Waals surface area contributed by atoms with E-state index < -0.39 is 0 Å². The number of nitrogens with zero attached hydrogens (tertiary/aromatic N) is 1. The monoisotopic (exact) mass is 335 g/mol. The molecule has 1 heterocycles. The van der Waals surface area contributed by atoms with Gasteiger partial charge in [-0.05, 0) is 42.5 Å². The molecule has 3 nitrogen and oxygen atoms in total. The Bertz CT molecular complexity index is 769. The predicted molar refractivity (Wildman–Crippen MR) is 91.7 cm³/mol. The maximum Gasteiger partial charge on any atom is 0.187 e. The smallest absolute Gasteiger partial charge is 0.187 e. The van der Waals surface area contributed by atoms with Crippen LogP contribution in [0.15, 0.2) is 47.8 Å². The normalized spacial score (nSPS) is 10.6. The van der Waals surface area contributed by atoms with E-state index >= 15 is 0 Å². The predicted octanol–water partition coefficient (Wildman–Crippen LogP) is 5.44. The zero-order chi connectivity index (χ0) is 14.8. The molecule has 1 aromatic heterocycles. The highest BCUT2D eigenvalue weighted by atomic mass is 35.5. The molecule has 3 rings (SSSR count). The van der Waals surface area contributed by atoms with Gasteiger partial charge in [-0.1, -0.05) is 23.2 Å². The minimum absolute atomic E-state index is 0.590. The molecule has 3 N–H and O–H groups in total. The Labute approximate surface area is 136 Å². The van der Waals surface area contributed by atoms with Crippen molar-refractivity contribution < 1.29 is 0 Å². The minimum Gasteiger partial charge on any atom is -0.399 e. The summed E-state index contributed by atoms with van der Waals surface area (Å²) in [5, 5.41) is 7.18. The third-order valence-electron chi connectivity index (χ3n) is 2.87. The summed E-state index contributed by atoms with van der Waals surface area (Å²) in [4.78, 5) is 4.54. The number of halogens is 2. The molecule has 21 heavy (non-hydrogen) atoms. The fraction of sp³-hybridized carbons (Fsp3) is 0. The lowest BCUT2D eigenvalue weighted by Gasteiger charge is -2.03. The van der Waals surface area contributed by atoms with Crippen LogP contribution in [0.1, 0.15) is 0 Å². The quantitative estimate of drug-likeness (QED) is 0.626. The van der Waals surface area contributed by atoms with E-state index in [1.165, 1.54) is 11.3 Å². The summed E-state index contributed by atoms with van der Waals surface area (Å²) in [6.45, 7) is 0. The van der Waals surface area contributed by atoms with E-state index in [0.717, 1.165) is 27.8 Å². The van der Waals surface area contributed by atoms with Gasteiger partial charge in [-0.15, -0.1) is 11.3 Å². The minimum atomic E-state index is 0.590. The number of thiazole rings is 1. The molecule has 0 atom stereocenters. The van der Waals surface area contributed by atoms with Gasteiger partial charge in [0.05, 0.1) is 10.7 Å². The van der Waals surface area contributed by atoms with Gasteiger partial charge in [-0.3, -0.25) is 0 Å². The molecule has 0 aliphatic carbocycles. The Morgan fingerprint density at radius 1 is 1.05 bits per heavy atom. The highest BCUT2D eigenvalue weighted by molar-refractivity contribution is 7.14. The van der Waals surface area contributed by atoms with Crippen molar-refractivity contribution in [1.82, 2.24) is 4.98 Å². The molecule has 0 saturated heterocycles. The summed E-state index contributed by atoms with van der Waals surface area (Å²) < 4.78 is 0. The Hall–Kier alpha value is -1.75. The van der Waals surface area contributed by atoms with E-state index in [4.69, 9.17) is 28.9 Å². The van der Waals surface area contributed by atoms with Crippen LogP contribution in [-0.4, -0.2) is 4.98 Å².